The van der Waals surface area contributed by atoms with Crippen LogP contribution in [0.4, 0.5) is 5.69 Å². The van der Waals surface area contributed by atoms with E-state index in [-0.39, 0.29) is 24.4 Å². The molecule has 6 heteroatoms. The fraction of sp³-hybridized carbons (Fsp3) is 0.588. The van der Waals surface area contributed by atoms with Gasteiger partial charge in [0.2, 0.25) is 5.91 Å². The minimum Gasteiger partial charge on any atom is -0.378 e. The van der Waals surface area contributed by atoms with E-state index in [1.807, 2.05) is 24.3 Å². The molecule has 0 bridgehead atoms. The van der Waals surface area contributed by atoms with E-state index in [1.165, 1.54) is 12.8 Å². The lowest BCUT2D eigenvalue weighted by Crippen LogP contribution is -2.43. The molecule has 1 saturated heterocycles. The zero-order valence-electron chi connectivity index (χ0n) is 13.3. The number of ether oxygens (including phenoxy) is 2. The summed E-state index contributed by atoms with van der Waals surface area (Å²) in [5, 5.41) is 6.24. The molecule has 128 valence electrons. The summed E-state index contributed by atoms with van der Waals surface area (Å²) in [5.41, 5.74) is 1.92. The van der Waals surface area contributed by atoms with Gasteiger partial charge in [0.1, 0.15) is 0 Å². The summed E-state index contributed by atoms with van der Waals surface area (Å²) in [4.78, 5) is 12.1. The molecule has 2 fully saturated rings. The Bertz CT molecular complexity index is 502. The Morgan fingerprint density at radius 1 is 1.39 bits per heavy atom. The van der Waals surface area contributed by atoms with Crippen LogP contribution in [0.2, 0.25) is 0 Å². The lowest BCUT2D eigenvalue weighted by atomic mass is 10.1. The largest absolute Gasteiger partial charge is 0.378 e. The smallest absolute Gasteiger partial charge is 0.226 e. The minimum absolute atomic E-state index is 0. The predicted octanol–water partition coefficient (Wildman–Crippen LogP) is 2.35. The Kier molecular flexibility index (Phi) is 7.30. The Morgan fingerprint density at radius 3 is 3.00 bits per heavy atom. The number of hydrogen-bond donors (Lipinski definition) is 2. The predicted molar refractivity (Wildman–Crippen MR) is 91.9 cm³/mol. The second kappa shape index (κ2) is 9.23. The van der Waals surface area contributed by atoms with Crippen LogP contribution in [0.25, 0.3) is 0 Å². The number of halogens is 1. The summed E-state index contributed by atoms with van der Waals surface area (Å²) in [6.45, 7) is 3.59. The molecule has 2 N–H and O–H groups in total. The highest BCUT2D eigenvalue weighted by atomic mass is 35.5. The zero-order valence-corrected chi connectivity index (χ0v) is 14.1. The van der Waals surface area contributed by atoms with Crippen LogP contribution in [0.5, 0.6) is 0 Å². The van der Waals surface area contributed by atoms with Crippen molar-refractivity contribution < 1.29 is 14.3 Å². The lowest BCUT2D eigenvalue weighted by molar-refractivity contribution is -0.117. The maximum Gasteiger partial charge on any atom is 0.226 e. The van der Waals surface area contributed by atoms with Crippen molar-refractivity contribution in [2.24, 2.45) is 5.92 Å². The normalized spacial score (nSPS) is 20.6. The average molecular weight is 341 g/mol. The van der Waals surface area contributed by atoms with Crippen LogP contribution in [0.1, 0.15) is 24.8 Å². The SMILES string of the molecule is Cl.O=C(CC1COCCN1)Nc1cccc(COCC2CC2)c1. The standard InChI is InChI=1S/C17H24N2O3.ClH/c20-17(9-16-12-21-7-6-18-16)19-15-3-1-2-14(8-15)11-22-10-13-4-5-13;/h1-3,8,13,16,18H,4-7,9-12H2,(H,19,20);1H. The average Bonchev–Trinajstić information content (AvgIpc) is 3.33. The van der Waals surface area contributed by atoms with Crippen LogP contribution >= 0.6 is 12.4 Å². The molecule has 1 aliphatic carbocycles. The van der Waals surface area contributed by atoms with Gasteiger partial charge in [0.15, 0.2) is 0 Å². The highest BCUT2D eigenvalue weighted by molar-refractivity contribution is 5.91. The first-order valence-corrected chi connectivity index (χ1v) is 8.07. The Labute approximate surface area is 143 Å². The number of anilines is 1. The first-order valence-electron chi connectivity index (χ1n) is 8.07. The maximum absolute atomic E-state index is 12.1. The Morgan fingerprint density at radius 2 is 2.26 bits per heavy atom. The number of benzene rings is 1. The molecular weight excluding hydrogens is 316 g/mol. The summed E-state index contributed by atoms with van der Waals surface area (Å²) in [6.07, 6.45) is 3.03. The van der Waals surface area contributed by atoms with Crippen molar-refractivity contribution in [3.05, 3.63) is 29.8 Å². The van der Waals surface area contributed by atoms with Gasteiger partial charge in [0.05, 0.1) is 19.8 Å². The summed E-state index contributed by atoms with van der Waals surface area (Å²) in [7, 11) is 0. The maximum atomic E-state index is 12.1. The van der Waals surface area contributed by atoms with Crippen molar-refractivity contribution in [2.45, 2.75) is 31.9 Å². The molecule has 0 radical (unpaired) electrons. The molecule has 1 aromatic rings. The quantitative estimate of drug-likeness (QED) is 0.800. The first kappa shape index (κ1) is 18.2. The minimum atomic E-state index is 0. The third-order valence-corrected chi connectivity index (χ3v) is 3.96. The molecule has 5 nitrogen and oxygen atoms in total. The topological polar surface area (TPSA) is 59.6 Å². The van der Waals surface area contributed by atoms with Gasteiger partial charge in [0.25, 0.3) is 0 Å². The van der Waals surface area contributed by atoms with E-state index in [9.17, 15) is 4.79 Å². The fourth-order valence-electron chi connectivity index (χ4n) is 2.55. The van der Waals surface area contributed by atoms with E-state index in [2.05, 4.69) is 10.6 Å². The molecule has 1 aliphatic heterocycles. The van der Waals surface area contributed by atoms with Crippen molar-refractivity contribution >= 4 is 24.0 Å². The van der Waals surface area contributed by atoms with Gasteiger partial charge in [-0.15, -0.1) is 12.4 Å². The van der Waals surface area contributed by atoms with Gasteiger partial charge in [-0.05, 0) is 36.5 Å². The first-order chi connectivity index (χ1) is 10.8. The molecule has 1 saturated carbocycles. The molecular formula is C17H25ClN2O3. The summed E-state index contributed by atoms with van der Waals surface area (Å²) >= 11 is 0. The van der Waals surface area contributed by atoms with Crippen LogP contribution in [0.3, 0.4) is 0 Å². The number of amides is 1. The van der Waals surface area contributed by atoms with Crippen LogP contribution in [-0.2, 0) is 20.9 Å². The van der Waals surface area contributed by atoms with Gasteiger partial charge in [-0.3, -0.25) is 4.79 Å². The molecule has 2 aliphatic rings. The Hall–Kier alpha value is -1.14. The van der Waals surface area contributed by atoms with Crippen LogP contribution in [0.15, 0.2) is 24.3 Å². The summed E-state index contributed by atoms with van der Waals surface area (Å²) in [5.74, 6) is 0.784. The second-order valence-corrected chi connectivity index (χ2v) is 6.14. The highest BCUT2D eigenvalue weighted by Gasteiger charge is 2.21. The van der Waals surface area contributed by atoms with E-state index in [4.69, 9.17) is 9.47 Å². The lowest BCUT2D eigenvalue weighted by Gasteiger charge is -2.23. The van der Waals surface area contributed by atoms with Gasteiger partial charge < -0.3 is 20.1 Å². The third-order valence-electron chi connectivity index (χ3n) is 3.96. The summed E-state index contributed by atoms with van der Waals surface area (Å²) in [6, 6.07) is 7.98. The third kappa shape index (κ3) is 6.47. The second-order valence-electron chi connectivity index (χ2n) is 6.14. The number of carbonyl (C=O) groups excluding carboxylic acids is 1. The molecule has 1 unspecified atom stereocenters. The van der Waals surface area contributed by atoms with Crippen molar-refractivity contribution in [1.29, 1.82) is 0 Å². The van der Waals surface area contributed by atoms with Gasteiger partial charge in [-0.25, -0.2) is 0 Å². The monoisotopic (exact) mass is 340 g/mol. The molecule has 3 rings (SSSR count). The molecule has 1 aromatic carbocycles. The van der Waals surface area contributed by atoms with Crippen molar-refractivity contribution in [3.8, 4) is 0 Å². The van der Waals surface area contributed by atoms with Gasteiger partial charge in [0, 0.05) is 31.3 Å². The van der Waals surface area contributed by atoms with Crippen molar-refractivity contribution in [3.63, 3.8) is 0 Å². The number of carbonyl (C=O) groups is 1. The molecule has 23 heavy (non-hydrogen) atoms. The number of nitrogens with one attached hydrogen (secondary N) is 2. The van der Waals surface area contributed by atoms with Gasteiger partial charge in [-0.2, -0.15) is 0 Å². The zero-order chi connectivity index (χ0) is 15.2. The van der Waals surface area contributed by atoms with Crippen LogP contribution < -0.4 is 10.6 Å². The van der Waals surface area contributed by atoms with E-state index in [0.29, 0.717) is 19.6 Å². The molecule has 1 atom stereocenters. The number of hydrogen-bond acceptors (Lipinski definition) is 4. The number of rotatable bonds is 7. The molecule has 0 aromatic heterocycles. The Balaban J connectivity index is 0.00000192. The number of morpholine rings is 1. The highest BCUT2D eigenvalue weighted by Crippen LogP contribution is 2.29. The van der Waals surface area contributed by atoms with Crippen molar-refractivity contribution in [1.82, 2.24) is 5.32 Å². The van der Waals surface area contributed by atoms with Gasteiger partial charge in [-0.1, -0.05) is 12.1 Å². The van der Waals surface area contributed by atoms with E-state index in [0.717, 1.165) is 36.9 Å². The van der Waals surface area contributed by atoms with Gasteiger partial charge >= 0.3 is 0 Å². The summed E-state index contributed by atoms with van der Waals surface area (Å²) < 4.78 is 11.0. The van der Waals surface area contributed by atoms with Crippen LogP contribution in [0, 0.1) is 5.92 Å². The molecule has 0 spiro atoms. The molecule has 1 amide bonds. The van der Waals surface area contributed by atoms with E-state index >= 15 is 0 Å². The van der Waals surface area contributed by atoms with Crippen LogP contribution in [-0.4, -0.2) is 38.3 Å². The van der Waals surface area contributed by atoms with Crippen molar-refractivity contribution in [2.75, 3.05) is 31.7 Å². The molecule has 1 heterocycles. The van der Waals surface area contributed by atoms with E-state index in [1.54, 1.807) is 0 Å². The van der Waals surface area contributed by atoms with E-state index < -0.39 is 0 Å². The fourth-order valence-corrected chi connectivity index (χ4v) is 2.55.